The van der Waals surface area contributed by atoms with Gasteiger partial charge in [-0.15, -0.1) is 0 Å². The highest BCUT2D eigenvalue weighted by atomic mass is 35.5. The van der Waals surface area contributed by atoms with E-state index in [1.807, 2.05) is 31.2 Å². The monoisotopic (exact) mass is 690 g/mol. The number of fused-ring (bicyclic) bond motifs is 5. The second-order valence-corrected chi connectivity index (χ2v) is 18.0. The van der Waals surface area contributed by atoms with Gasteiger partial charge in [0.15, 0.2) is 5.78 Å². The van der Waals surface area contributed by atoms with E-state index in [0.717, 1.165) is 55.9 Å². The molecule has 0 bridgehead atoms. The van der Waals surface area contributed by atoms with Crippen molar-refractivity contribution in [1.29, 1.82) is 0 Å². The predicted octanol–water partition coefficient (Wildman–Crippen LogP) is 9.76. The molecule has 8 heteroatoms. The van der Waals surface area contributed by atoms with E-state index in [4.69, 9.17) is 25.8 Å². The van der Waals surface area contributed by atoms with Crippen molar-refractivity contribution in [3.05, 3.63) is 46.3 Å². The van der Waals surface area contributed by atoms with Crippen LogP contribution in [0.25, 0.3) is 11.4 Å². The first-order valence-electron chi connectivity index (χ1n) is 18.6. The first kappa shape index (κ1) is 36.0. The maximum atomic E-state index is 14.0. The number of esters is 1. The van der Waals surface area contributed by atoms with Gasteiger partial charge in [0.05, 0.1) is 17.9 Å². The normalized spacial score (nSPS) is 33.6. The third-order valence-electron chi connectivity index (χ3n) is 13.6. The molecule has 4 aliphatic rings. The predicted molar refractivity (Wildman–Crippen MR) is 191 cm³/mol. The van der Waals surface area contributed by atoms with E-state index in [1.54, 1.807) is 13.8 Å². The van der Waals surface area contributed by atoms with Gasteiger partial charge >= 0.3 is 5.97 Å². The first-order valence-corrected chi connectivity index (χ1v) is 19.0. The van der Waals surface area contributed by atoms with Crippen LogP contribution >= 0.6 is 11.6 Å². The molecule has 2 aromatic rings. The summed E-state index contributed by atoms with van der Waals surface area (Å²) in [7, 11) is 0. The lowest BCUT2D eigenvalue weighted by Gasteiger charge is -2.64. The number of rotatable bonds is 10. The fourth-order valence-corrected chi connectivity index (χ4v) is 11.0. The minimum Gasteiger partial charge on any atom is -0.463 e. The molecule has 0 saturated heterocycles. The van der Waals surface area contributed by atoms with Gasteiger partial charge in [-0.05, 0) is 134 Å². The second kappa shape index (κ2) is 13.1. The molecule has 1 aromatic heterocycles. The van der Waals surface area contributed by atoms with Gasteiger partial charge in [-0.2, -0.15) is 4.98 Å². The lowest BCUT2D eigenvalue weighted by Crippen LogP contribution is -2.57. The van der Waals surface area contributed by atoms with Crippen LogP contribution in [0.2, 0.25) is 5.02 Å². The number of nitrogens with zero attached hydrogens (tertiary/aromatic N) is 2. The van der Waals surface area contributed by atoms with Gasteiger partial charge in [0.1, 0.15) is 6.29 Å². The van der Waals surface area contributed by atoms with Gasteiger partial charge < -0.3 is 14.1 Å². The molecular formula is C41H55ClN2O5. The van der Waals surface area contributed by atoms with E-state index < -0.39 is 10.8 Å². The lowest BCUT2D eigenvalue weighted by molar-refractivity contribution is -0.155. The average molecular weight is 691 g/mol. The Bertz CT molecular complexity index is 1630. The van der Waals surface area contributed by atoms with Crippen LogP contribution in [0.15, 0.2) is 39.9 Å². The molecule has 8 atom stereocenters. The molecular weight excluding hydrogens is 636 g/mol. The number of benzene rings is 1. The first-order chi connectivity index (χ1) is 23.0. The highest BCUT2D eigenvalue weighted by Crippen LogP contribution is 2.70. The molecule has 3 fully saturated rings. The zero-order chi connectivity index (χ0) is 35.5. The summed E-state index contributed by atoms with van der Waals surface area (Å²) in [4.78, 5) is 42.9. The number of carbonyl (C=O) groups excluding carboxylic acids is 3. The molecule has 6 rings (SSSR count). The number of allylic oxidation sites excluding steroid dienone is 2. The molecule has 49 heavy (non-hydrogen) atoms. The van der Waals surface area contributed by atoms with Gasteiger partial charge in [-0.25, -0.2) is 0 Å². The number of aromatic nitrogens is 2. The number of ether oxygens (including phenoxy) is 1. The van der Waals surface area contributed by atoms with Crippen LogP contribution in [-0.4, -0.2) is 34.3 Å². The Morgan fingerprint density at radius 1 is 1.10 bits per heavy atom. The molecule has 4 aliphatic carbocycles. The summed E-state index contributed by atoms with van der Waals surface area (Å²) in [6, 6.07) is 7.48. The van der Waals surface area contributed by atoms with Crippen LogP contribution < -0.4 is 0 Å². The smallest absolute Gasteiger partial charge is 0.307 e. The zero-order valence-electron chi connectivity index (χ0n) is 30.7. The van der Waals surface area contributed by atoms with Crippen LogP contribution in [-0.2, 0) is 24.5 Å². The summed E-state index contributed by atoms with van der Waals surface area (Å²) in [6.07, 6.45) is 9.34. The summed E-state index contributed by atoms with van der Waals surface area (Å²) in [6.45, 7) is 17.3. The fourth-order valence-electron chi connectivity index (χ4n) is 10.9. The Hall–Kier alpha value is -2.80. The number of hydrogen-bond acceptors (Lipinski definition) is 7. The minimum absolute atomic E-state index is 0.0997. The Morgan fingerprint density at radius 3 is 2.49 bits per heavy atom. The summed E-state index contributed by atoms with van der Waals surface area (Å²) in [5.74, 6) is 3.07. The Labute approximate surface area is 297 Å². The minimum atomic E-state index is -0.712. The fraction of sp³-hybridized carbons (Fsp3) is 0.683. The molecule has 7 nitrogen and oxygen atoms in total. The molecule has 0 spiro atoms. The number of Topliss-reactive ketones (excluding diaryl/α,β-unsaturated/α-hetero) is 1. The van der Waals surface area contributed by atoms with E-state index in [1.165, 1.54) is 18.4 Å². The summed E-state index contributed by atoms with van der Waals surface area (Å²) >= 11 is 6.15. The van der Waals surface area contributed by atoms with E-state index in [2.05, 4.69) is 39.8 Å². The van der Waals surface area contributed by atoms with E-state index in [0.29, 0.717) is 46.8 Å². The van der Waals surface area contributed by atoms with Crippen LogP contribution in [0.3, 0.4) is 0 Å². The third-order valence-corrected chi connectivity index (χ3v) is 13.9. The second-order valence-electron chi connectivity index (χ2n) is 17.5. The molecule has 266 valence electrons. The molecule has 1 heterocycles. The molecule has 0 radical (unpaired) electrons. The number of halogens is 1. The molecule has 1 aromatic carbocycles. The Balaban J connectivity index is 1.27. The van der Waals surface area contributed by atoms with Crippen molar-refractivity contribution in [2.24, 2.45) is 45.8 Å². The van der Waals surface area contributed by atoms with Crippen molar-refractivity contribution in [1.82, 2.24) is 10.1 Å². The maximum absolute atomic E-state index is 14.0. The maximum Gasteiger partial charge on any atom is 0.307 e. The van der Waals surface area contributed by atoms with Crippen molar-refractivity contribution in [3.8, 4) is 11.4 Å². The highest BCUT2D eigenvalue weighted by molar-refractivity contribution is 6.30. The van der Waals surface area contributed by atoms with Gasteiger partial charge in [-0.3, -0.25) is 9.59 Å². The van der Waals surface area contributed by atoms with Crippen molar-refractivity contribution < 1.29 is 23.6 Å². The van der Waals surface area contributed by atoms with Crippen LogP contribution in [0.1, 0.15) is 125 Å². The van der Waals surface area contributed by atoms with Crippen LogP contribution in [0, 0.1) is 45.8 Å². The van der Waals surface area contributed by atoms with E-state index in [-0.39, 0.29) is 41.0 Å². The summed E-state index contributed by atoms with van der Waals surface area (Å²) < 4.78 is 11.9. The van der Waals surface area contributed by atoms with E-state index >= 15 is 0 Å². The van der Waals surface area contributed by atoms with Crippen LogP contribution in [0.5, 0.6) is 0 Å². The topological polar surface area (TPSA) is 99.4 Å². The van der Waals surface area contributed by atoms with Crippen molar-refractivity contribution >= 4 is 29.6 Å². The molecule has 3 saturated carbocycles. The molecule has 0 amide bonds. The van der Waals surface area contributed by atoms with Gasteiger partial charge in [0, 0.05) is 22.4 Å². The Kier molecular flexibility index (Phi) is 9.60. The Morgan fingerprint density at radius 2 is 1.82 bits per heavy atom. The van der Waals surface area contributed by atoms with Crippen molar-refractivity contribution in [2.45, 2.75) is 131 Å². The van der Waals surface area contributed by atoms with Crippen LogP contribution in [0.4, 0.5) is 0 Å². The number of carbonyl (C=O) groups is 3. The average Bonchev–Trinajstić information content (AvgIpc) is 3.66. The molecule has 8 unspecified atom stereocenters. The standard InChI is InChI=1S/C41H55ClN2O5/c1-24(2)34-31(46)21-41(37-43-36(44-49-37)27-9-11-28(42)12-10-27)20-17-30-29(35(34)41)13-14-32-39(7,25(3)15-18-40(30,32)8)19-16-26(4)48-33(47)22-38(5,6)23-45/h9-12,23-26,29-30,32H,13-22H2,1-8H3. The summed E-state index contributed by atoms with van der Waals surface area (Å²) in [5, 5.41) is 5.07. The third kappa shape index (κ3) is 6.25. The van der Waals surface area contributed by atoms with Gasteiger partial charge in [-0.1, -0.05) is 65.2 Å². The van der Waals surface area contributed by atoms with Crippen molar-refractivity contribution in [3.63, 3.8) is 0 Å². The number of ketones is 1. The van der Waals surface area contributed by atoms with Gasteiger partial charge in [0.25, 0.3) is 0 Å². The summed E-state index contributed by atoms with van der Waals surface area (Å²) in [5.41, 5.74) is 2.14. The molecule has 0 N–H and O–H groups in total. The van der Waals surface area contributed by atoms with Crippen molar-refractivity contribution in [2.75, 3.05) is 0 Å². The SMILES string of the molecule is CC(CCC1(C)C(C)CCC2(C)C3CCC4(c5nc(-c6ccc(Cl)cc6)no5)CC(=O)C(C(C)C)=C4C3CCC12)OC(=O)CC(C)(C)C=O. The lowest BCUT2D eigenvalue weighted by atomic mass is 9.40. The number of aldehydes is 1. The largest absolute Gasteiger partial charge is 0.463 e. The zero-order valence-corrected chi connectivity index (χ0v) is 31.5. The molecule has 0 aliphatic heterocycles. The number of hydrogen-bond donors (Lipinski definition) is 0. The highest BCUT2D eigenvalue weighted by Gasteiger charge is 2.64. The van der Waals surface area contributed by atoms with E-state index in [9.17, 15) is 14.4 Å². The quantitative estimate of drug-likeness (QED) is 0.181. The van der Waals surface area contributed by atoms with Gasteiger partial charge in [0.2, 0.25) is 11.7 Å².